The number of benzene rings is 6. The van der Waals surface area contributed by atoms with Gasteiger partial charge in [-0.05, 0) is 95.2 Å². The van der Waals surface area contributed by atoms with Crippen LogP contribution in [-0.2, 0) is 32.2 Å². The van der Waals surface area contributed by atoms with Crippen molar-refractivity contribution in [1.29, 1.82) is 0 Å². The fourth-order valence-electron chi connectivity index (χ4n) is 7.61. The summed E-state index contributed by atoms with van der Waals surface area (Å²) in [5.74, 6) is -0.160. The fraction of sp³-hybridized carbons (Fsp3) is 0.280. The first-order chi connectivity index (χ1) is 28.7. The number of anilines is 2. The van der Waals surface area contributed by atoms with Crippen molar-refractivity contribution in [2.24, 2.45) is 0 Å². The van der Waals surface area contributed by atoms with E-state index in [1.54, 1.807) is 12.1 Å². The van der Waals surface area contributed by atoms with Crippen LogP contribution in [-0.4, -0.2) is 41.5 Å². The van der Waals surface area contributed by atoms with E-state index in [9.17, 15) is 14.7 Å². The van der Waals surface area contributed by atoms with E-state index in [4.69, 9.17) is 15.2 Å². The fourth-order valence-corrected chi connectivity index (χ4v) is 7.61. The lowest BCUT2D eigenvalue weighted by Crippen LogP contribution is -2.38. The Bertz CT molecular complexity index is 2330. The number of likely N-dealkylation sites (N-methyl/N-ethyl adjacent to an activating group) is 1. The third-order valence-electron chi connectivity index (χ3n) is 11.2. The normalized spacial score (nSPS) is 17.1. The molecule has 6 aromatic carbocycles. The van der Waals surface area contributed by atoms with E-state index in [0.717, 1.165) is 39.9 Å². The average Bonchev–Trinajstić information content (AvgIpc) is 3.27. The molecular weight excluding hydrogens is 737 g/mol. The van der Waals surface area contributed by atoms with E-state index in [1.807, 2.05) is 48.5 Å². The molecule has 2 amide bonds. The Morgan fingerprint density at radius 1 is 0.746 bits per heavy atom. The van der Waals surface area contributed by atoms with Crippen LogP contribution in [0.2, 0.25) is 0 Å². The Labute approximate surface area is 347 Å². The van der Waals surface area contributed by atoms with Crippen LogP contribution >= 0.6 is 0 Å². The number of carbonyl (C=O) groups is 2. The zero-order chi connectivity index (χ0) is 41.1. The largest absolute Gasteiger partial charge is 0.397 e. The summed E-state index contributed by atoms with van der Waals surface area (Å²) >= 11 is 0. The van der Waals surface area contributed by atoms with Crippen molar-refractivity contribution in [2.45, 2.75) is 76.7 Å². The topological polar surface area (TPSA) is 126 Å². The molecule has 0 saturated carbocycles. The molecule has 0 spiro atoms. The van der Waals surface area contributed by atoms with E-state index in [-0.39, 0.29) is 36.7 Å². The van der Waals surface area contributed by atoms with Gasteiger partial charge in [0.25, 0.3) is 0 Å². The smallest absolute Gasteiger partial charge is 0.224 e. The number of nitrogen functional groups attached to an aromatic ring is 1. The van der Waals surface area contributed by atoms with Crippen molar-refractivity contribution < 1.29 is 24.2 Å². The number of aliphatic hydroxyl groups is 1. The van der Waals surface area contributed by atoms with E-state index >= 15 is 0 Å². The number of hydrogen-bond acceptors (Lipinski definition) is 7. The summed E-state index contributed by atoms with van der Waals surface area (Å²) in [6.45, 7) is 3.38. The number of ether oxygens (including phenoxy) is 2. The first-order valence-electron chi connectivity index (χ1n) is 20.5. The van der Waals surface area contributed by atoms with Crippen molar-refractivity contribution in [3.05, 3.63) is 167 Å². The van der Waals surface area contributed by atoms with Crippen molar-refractivity contribution in [1.82, 2.24) is 10.2 Å². The number of carbonyl (C=O) groups excluding carboxylic acids is 2. The predicted molar refractivity (Wildman–Crippen MR) is 235 cm³/mol. The molecule has 1 fully saturated rings. The number of unbranched alkanes of at least 4 members (excludes halogenated alkanes) is 1. The highest BCUT2D eigenvalue weighted by atomic mass is 16.7. The molecule has 304 valence electrons. The minimum atomic E-state index is -0.562. The molecule has 6 aromatic rings. The second-order valence-electron chi connectivity index (χ2n) is 15.5. The molecule has 0 radical (unpaired) electrons. The number of nitrogens with two attached hydrogens (primary N) is 1. The van der Waals surface area contributed by atoms with Crippen LogP contribution < -0.4 is 16.4 Å². The maximum atomic E-state index is 12.6. The molecule has 9 heteroatoms. The van der Waals surface area contributed by atoms with Gasteiger partial charge in [0.15, 0.2) is 6.29 Å². The summed E-state index contributed by atoms with van der Waals surface area (Å²) in [5.41, 5.74) is 14.3. The monoisotopic (exact) mass is 790 g/mol. The standard InChI is InChI=1S/C50H54N4O5/c1-34(41-27-24-37-11-3-4-12-43(37)29-41)54(2)32-44-30-47(39-20-18-35(33-55)19-21-39)59-50(58-44)40-25-22-38(23-26-40)42-13-9-10-36(28-42)31-52-48(56)16-7-8-17-49(57)53-46-15-6-5-14-45(46)51/h3-6,9-15,18-29,34,44,47,50,55H,7-8,16-17,30-33,51H2,1-2H3,(H,52,56)(H,53,57)/t34-,44-,47+,50+/m1/s1. The van der Waals surface area contributed by atoms with E-state index in [1.165, 1.54) is 16.3 Å². The summed E-state index contributed by atoms with van der Waals surface area (Å²) in [6.07, 6.45) is 1.77. The number of fused-ring (bicyclic) bond motifs is 1. The second-order valence-corrected chi connectivity index (χ2v) is 15.5. The summed E-state index contributed by atoms with van der Waals surface area (Å²) in [4.78, 5) is 27.3. The highest BCUT2D eigenvalue weighted by Gasteiger charge is 2.33. The number of nitrogens with zero attached hydrogens (tertiary/aromatic N) is 1. The molecule has 1 heterocycles. The van der Waals surface area contributed by atoms with Gasteiger partial charge in [-0.15, -0.1) is 0 Å². The number of hydrogen-bond donors (Lipinski definition) is 4. The Balaban J connectivity index is 0.954. The molecule has 9 nitrogen and oxygen atoms in total. The molecular formula is C50H54N4O5. The maximum Gasteiger partial charge on any atom is 0.224 e. The van der Waals surface area contributed by atoms with Gasteiger partial charge < -0.3 is 30.9 Å². The van der Waals surface area contributed by atoms with Crippen molar-refractivity contribution >= 4 is 34.0 Å². The van der Waals surface area contributed by atoms with Gasteiger partial charge in [-0.3, -0.25) is 14.5 Å². The van der Waals surface area contributed by atoms with Gasteiger partial charge in [0, 0.05) is 44.0 Å². The number of rotatable bonds is 16. The zero-order valence-electron chi connectivity index (χ0n) is 33.9. The zero-order valence-corrected chi connectivity index (χ0v) is 33.9. The Hall–Kier alpha value is -5.84. The molecule has 7 rings (SSSR count). The molecule has 1 saturated heterocycles. The van der Waals surface area contributed by atoms with Crippen LogP contribution in [0.3, 0.4) is 0 Å². The maximum absolute atomic E-state index is 12.6. The van der Waals surface area contributed by atoms with Crippen molar-refractivity contribution in [3.8, 4) is 11.1 Å². The lowest BCUT2D eigenvalue weighted by Gasteiger charge is -2.39. The third-order valence-corrected chi connectivity index (χ3v) is 11.2. The number of nitrogens with one attached hydrogen (secondary N) is 2. The van der Waals surface area contributed by atoms with E-state index < -0.39 is 6.29 Å². The Morgan fingerprint density at radius 3 is 2.22 bits per heavy atom. The quantitative estimate of drug-likeness (QED) is 0.0568. The highest BCUT2D eigenvalue weighted by molar-refractivity contribution is 5.93. The highest BCUT2D eigenvalue weighted by Crippen LogP contribution is 2.39. The van der Waals surface area contributed by atoms with E-state index in [0.29, 0.717) is 50.0 Å². The summed E-state index contributed by atoms with van der Waals surface area (Å²) in [7, 11) is 2.15. The second kappa shape index (κ2) is 19.7. The molecule has 4 atom stereocenters. The Kier molecular flexibility index (Phi) is 13.8. The molecule has 0 aliphatic carbocycles. The molecule has 0 unspecified atom stereocenters. The van der Waals surface area contributed by atoms with Crippen LogP contribution in [0.5, 0.6) is 0 Å². The average molecular weight is 791 g/mol. The van der Waals surface area contributed by atoms with Crippen LogP contribution in [0.25, 0.3) is 21.9 Å². The van der Waals surface area contributed by atoms with Crippen LogP contribution in [0.15, 0.2) is 140 Å². The molecule has 1 aliphatic rings. The first-order valence-corrected chi connectivity index (χ1v) is 20.5. The summed E-state index contributed by atoms with van der Waals surface area (Å²) in [5, 5.41) is 18.0. The van der Waals surface area contributed by atoms with Crippen molar-refractivity contribution in [2.75, 3.05) is 24.6 Å². The third kappa shape index (κ3) is 11.0. The van der Waals surface area contributed by atoms with Gasteiger partial charge in [0.05, 0.1) is 30.2 Å². The lowest BCUT2D eigenvalue weighted by molar-refractivity contribution is -0.253. The van der Waals surface area contributed by atoms with Crippen LogP contribution in [0, 0.1) is 0 Å². The van der Waals surface area contributed by atoms with E-state index in [2.05, 4.69) is 108 Å². The minimum absolute atomic E-state index is 0.00290. The number of amides is 2. The lowest BCUT2D eigenvalue weighted by atomic mass is 9.98. The number of aliphatic hydroxyl groups excluding tert-OH is 1. The molecule has 1 aliphatic heterocycles. The van der Waals surface area contributed by atoms with Crippen LogP contribution in [0.4, 0.5) is 11.4 Å². The minimum Gasteiger partial charge on any atom is -0.397 e. The molecule has 5 N–H and O–H groups in total. The van der Waals surface area contributed by atoms with Crippen LogP contribution in [0.1, 0.15) is 85.3 Å². The first kappa shape index (κ1) is 41.3. The molecule has 59 heavy (non-hydrogen) atoms. The predicted octanol–water partition coefficient (Wildman–Crippen LogP) is 9.64. The molecule has 0 bridgehead atoms. The van der Waals surface area contributed by atoms with Gasteiger partial charge >= 0.3 is 0 Å². The summed E-state index contributed by atoms with van der Waals surface area (Å²) < 4.78 is 13.4. The van der Waals surface area contributed by atoms with Gasteiger partial charge in [0.2, 0.25) is 11.8 Å². The van der Waals surface area contributed by atoms with Crippen molar-refractivity contribution in [3.63, 3.8) is 0 Å². The Morgan fingerprint density at radius 2 is 1.46 bits per heavy atom. The molecule has 0 aromatic heterocycles. The van der Waals surface area contributed by atoms with Gasteiger partial charge in [-0.1, -0.05) is 115 Å². The van der Waals surface area contributed by atoms with Gasteiger partial charge in [0.1, 0.15) is 0 Å². The van der Waals surface area contributed by atoms with Gasteiger partial charge in [-0.2, -0.15) is 0 Å². The summed E-state index contributed by atoms with van der Waals surface area (Å²) in [6, 6.07) is 47.0. The SMILES string of the molecule is C[C@H](c1ccc2ccccc2c1)N(C)C[C@H]1C[C@@H](c2ccc(CO)cc2)O[C@@H](c2ccc(-c3cccc(CNC(=O)CCCCC(=O)Nc4ccccc4N)c3)cc2)O1. The van der Waals surface area contributed by atoms with Gasteiger partial charge in [-0.25, -0.2) is 0 Å². The number of para-hydroxylation sites is 2.